The highest BCUT2D eigenvalue weighted by atomic mass is 32.1. The molecule has 0 fully saturated rings. The van der Waals surface area contributed by atoms with Crippen LogP contribution in [0.1, 0.15) is 22.8 Å². The third kappa shape index (κ3) is 3.34. The molecule has 0 bridgehead atoms. The second-order valence-electron chi connectivity index (χ2n) is 6.30. The molecule has 4 rings (SSSR count). The molecular formula is C20H19N5O2S. The van der Waals surface area contributed by atoms with E-state index in [0.29, 0.717) is 16.2 Å². The zero-order chi connectivity index (χ0) is 19.7. The smallest absolute Gasteiger partial charge is 0.257 e. The molecule has 1 amide bonds. The molecule has 0 atom stereocenters. The number of rotatable bonds is 5. The monoisotopic (exact) mass is 393 g/mol. The molecule has 1 N–H and O–H groups in total. The van der Waals surface area contributed by atoms with Crippen molar-refractivity contribution in [2.75, 3.05) is 12.4 Å². The number of thiazole rings is 1. The Morgan fingerprint density at radius 3 is 2.89 bits per heavy atom. The van der Waals surface area contributed by atoms with E-state index in [2.05, 4.69) is 20.6 Å². The summed E-state index contributed by atoms with van der Waals surface area (Å²) < 4.78 is 7.22. The summed E-state index contributed by atoms with van der Waals surface area (Å²) in [4.78, 5) is 17.2. The van der Waals surface area contributed by atoms with Gasteiger partial charge in [0.15, 0.2) is 5.13 Å². The Morgan fingerprint density at radius 2 is 2.11 bits per heavy atom. The quantitative estimate of drug-likeness (QED) is 0.551. The van der Waals surface area contributed by atoms with E-state index in [4.69, 9.17) is 4.74 Å². The van der Waals surface area contributed by atoms with Gasteiger partial charge in [-0.1, -0.05) is 16.8 Å². The summed E-state index contributed by atoms with van der Waals surface area (Å²) in [5.41, 5.74) is 4.89. The maximum atomic E-state index is 12.6. The summed E-state index contributed by atoms with van der Waals surface area (Å²) in [5.74, 6) is 0.517. The lowest BCUT2D eigenvalue weighted by molar-refractivity contribution is 0.102. The van der Waals surface area contributed by atoms with Gasteiger partial charge in [-0.25, -0.2) is 9.67 Å². The molecule has 0 aliphatic carbocycles. The number of methoxy groups -OCH3 is 1. The first-order valence-corrected chi connectivity index (χ1v) is 9.72. The van der Waals surface area contributed by atoms with Gasteiger partial charge in [0.2, 0.25) is 0 Å². The third-order valence-electron chi connectivity index (χ3n) is 4.43. The van der Waals surface area contributed by atoms with Gasteiger partial charge in [-0.05, 0) is 44.2 Å². The summed E-state index contributed by atoms with van der Waals surface area (Å²) in [5, 5.41) is 13.5. The lowest BCUT2D eigenvalue weighted by Gasteiger charge is -2.07. The predicted molar refractivity (Wildman–Crippen MR) is 110 cm³/mol. The van der Waals surface area contributed by atoms with Gasteiger partial charge in [0.05, 0.1) is 18.3 Å². The number of hydrogen-bond acceptors (Lipinski definition) is 6. The van der Waals surface area contributed by atoms with Gasteiger partial charge in [0, 0.05) is 23.1 Å². The van der Waals surface area contributed by atoms with Crippen LogP contribution in [0.25, 0.3) is 22.3 Å². The summed E-state index contributed by atoms with van der Waals surface area (Å²) in [7, 11) is 1.63. The van der Waals surface area contributed by atoms with E-state index in [1.54, 1.807) is 23.9 Å². The van der Waals surface area contributed by atoms with Crippen LogP contribution in [0.15, 0.2) is 41.8 Å². The van der Waals surface area contributed by atoms with Gasteiger partial charge in [-0.3, -0.25) is 10.1 Å². The molecule has 0 radical (unpaired) electrons. The number of fused-ring (bicyclic) bond motifs is 1. The number of carbonyl (C=O) groups is 1. The summed E-state index contributed by atoms with van der Waals surface area (Å²) in [6.07, 6.45) is 0. The van der Waals surface area contributed by atoms with Crippen LogP contribution in [0.4, 0.5) is 5.13 Å². The molecule has 8 heteroatoms. The van der Waals surface area contributed by atoms with Crippen molar-refractivity contribution in [3.8, 4) is 17.0 Å². The molecule has 0 saturated carbocycles. The molecule has 2 heterocycles. The van der Waals surface area contributed by atoms with E-state index in [0.717, 1.165) is 34.6 Å². The maximum absolute atomic E-state index is 12.6. The molecule has 0 unspecified atom stereocenters. The second-order valence-corrected chi connectivity index (χ2v) is 7.16. The van der Waals surface area contributed by atoms with Crippen molar-refractivity contribution in [3.63, 3.8) is 0 Å². The topological polar surface area (TPSA) is 81.9 Å². The van der Waals surface area contributed by atoms with Crippen LogP contribution in [0.3, 0.4) is 0 Å². The number of nitrogens with zero attached hydrogens (tertiary/aromatic N) is 4. The summed E-state index contributed by atoms with van der Waals surface area (Å²) in [6, 6.07) is 11.3. The largest absolute Gasteiger partial charge is 0.496 e. The standard InChI is InChI=1S/C20H19N5O2S/c1-4-25-17-7-6-13(10-15(17)23-24-25)19(26)22-20-21-16(11-28-20)14-9-12(2)5-8-18(14)27-3/h5-11H,4H2,1-3H3,(H,21,22,26). The van der Waals surface area contributed by atoms with Crippen LogP contribution in [0.5, 0.6) is 5.75 Å². The fourth-order valence-corrected chi connectivity index (χ4v) is 3.70. The number of ether oxygens (including phenoxy) is 1. The summed E-state index contributed by atoms with van der Waals surface area (Å²) in [6.45, 7) is 4.74. The molecule has 4 aromatic rings. The van der Waals surface area contributed by atoms with Crippen LogP contribution in [0.2, 0.25) is 0 Å². The molecule has 142 valence electrons. The minimum absolute atomic E-state index is 0.231. The van der Waals surface area contributed by atoms with E-state index < -0.39 is 0 Å². The highest BCUT2D eigenvalue weighted by molar-refractivity contribution is 7.14. The van der Waals surface area contributed by atoms with Gasteiger partial charge in [0.1, 0.15) is 11.3 Å². The van der Waals surface area contributed by atoms with Crippen molar-refractivity contribution in [3.05, 3.63) is 52.9 Å². The Balaban J connectivity index is 1.57. The minimum atomic E-state index is -0.231. The highest BCUT2D eigenvalue weighted by Gasteiger charge is 2.14. The highest BCUT2D eigenvalue weighted by Crippen LogP contribution is 2.33. The Labute approximate surface area is 166 Å². The Kier molecular flexibility index (Phi) is 4.79. The van der Waals surface area contributed by atoms with Crippen molar-refractivity contribution < 1.29 is 9.53 Å². The second kappa shape index (κ2) is 7.40. The number of benzene rings is 2. The van der Waals surface area contributed by atoms with E-state index in [9.17, 15) is 4.79 Å². The number of aryl methyl sites for hydroxylation is 2. The summed E-state index contributed by atoms with van der Waals surface area (Å²) >= 11 is 1.37. The van der Waals surface area contributed by atoms with Gasteiger partial charge < -0.3 is 4.74 Å². The van der Waals surface area contributed by atoms with Crippen LogP contribution < -0.4 is 10.1 Å². The Morgan fingerprint density at radius 1 is 1.25 bits per heavy atom. The Bertz CT molecular complexity index is 1160. The molecule has 28 heavy (non-hydrogen) atoms. The molecular weight excluding hydrogens is 374 g/mol. The molecule has 0 saturated heterocycles. The van der Waals surface area contributed by atoms with Crippen molar-refractivity contribution in [2.45, 2.75) is 20.4 Å². The maximum Gasteiger partial charge on any atom is 0.257 e. The number of hydrogen-bond donors (Lipinski definition) is 1. The average molecular weight is 393 g/mol. The number of anilines is 1. The first-order chi connectivity index (χ1) is 13.6. The number of amides is 1. The van der Waals surface area contributed by atoms with E-state index in [1.807, 2.05) is 43.5 Å². The van der Waals surface area contributed by atoms with Crippen molar-refractivity contribution in [2.24, 2.45) is 0 Å². The van der Waals surface area contributed by atoms with Gasteiger partial charge in [-0.2, -0.15) is 0 Å². The molecule has 7 nitrogen and oxygen atoms in total. The molecule has 0 aliphatic heterocycles. The predicted octanol–water partition coefficient (Wildman–Crippen LogP) is 4.14. The van der Waals surface area contributed by atoms with Crippen LogP contribution in [0, 0.1) is 6.92 Å². The lowest BCUT2D eigenvalue weighted by Crippen LogP contribution is -2.11. The van der Waals surface area contributed by atoms with Crippen LogP contribution in [-0.2, 0) is 6.54 Å². The molecule has 2 aromatic heterocycles. The minimum Gasteiger partial charge on any atom is -0.496 e. The van der Waals surface area contributed by atoms with Gasteiger partial charge in [0.25, 0.3) is 5.91 Å². The fraction of sp³-hybridized carbons (Fsp3) is 0.200. The zero-order valence-corrected chi connectivity index (χ0v) is 16.6. The van der Waals surface area contributed by atoms with E-state index in [1.165, 1.54) is 11.3 Å². The van der Waals surface area contributed by atoms with Crippen LogP contribution in [-0.4, -0.2) is 33.0 Å². The van der Waals surface area contributed by atoms with Gasteiger partial charge >= 0.3 is 0 Å². The molecule has 2 aromatic carbocycles. The van der Waals surface area contributed by atoms with Crippen LogP contribution >= 0.6 is 11.3 Å². The third-order valence-corrected chi connectivity index (χ3v) is 5.19. The first kappa shape index (κ1) is 18.1. The lowest BCUT2D eigenvalue weighted by atomic mass is 10.1. The van der Waals surface area contributed by atoms with Crippen molar-refractivity contribution in [1.29, 1.82) is 0 Å². The molecule has 0 spiro atoms. The zero-order valence-electron chi connectivity index (χ0n) is 15.8. The Hall–Kier alpha value is -3.26. The van der Waals surface area contributed by atoms with Crippen molar-refractivity contribution >= 4 is 33.4 Å². The van der Waals surface area contributed by atoms with E-state index >= 15 is 0 Å². The average Bonchev–Trinajstić information content (AvgIpc) is 3.34. The first-order valence-electron chi connectivity index (χ1n) is 8.84. The normalized spacial score (nSPS) is 11.0. The van der Waals surface area contributed by atoms with E-state index in [-0.39, 0.29) is 5.91 Å². The molecule has 0 aliphatic rings. The number of aromatic nitrogens is 4. The SMILES string of the molecule is CCn1nnc2cc(C(=O)Nc3nc(-c4cc(C)ccc4OC)cs3)ccc21. The van der Waals surface area contributed by atoms with Crippen molar-refractivity contribution in [1.82, 2.24) is 20.0 Å². The number of carbonyl (C=O) groups excluding carboxylic acids is 1. The van der Waals surface area contributed by atoms with Gasteiger partial charge in [-0.15, -0.1) is 16.4 Å². The number of nitrogens with one attached hydrogen (secondary N) is 1. The fourth-order valence-electron chi connectivity index (χ4n) is 2.99.